The summed E-state index contributed by atoms with van der Waals surface area (Å²) in [4.78, 5) is 32.9. The number of thiol groups is 1. The molecular formula is C30H37N3O4S. The summed E-state index contributed by atoms with van der Waals surface area (Å²) >= 11 is 4.77. The van der Waals surface area contributed by atoms with Crippen LogP contribution in [0.3, 0.4) is 0 Å². The third-order valence-corrected chi connectivity index (χ3v) is 9.67. The number of carbonyl (C=O) groups is 2. The van der Waals surface area contributed by atoms with Crippen molar-refractivity contribution in [3.05, 3.63) is 53.2 Å². The SMILES string of the molecule is O=C(O)C[C@@H]1CCCN(c2nc(Cc3ccccc3)c(C(=O)NC3C4CC5CC3CC(O)(C5)C4)cc2S)C1. The maximum Gasteiger partial charge on any atom is 0.303 e. The Balaban J connectivity index is 1.28. The molecule has 2 aromatic rings. The van der Waals surface area contributed by atoms with E-state index in [1.54, 1.807) is 0 Å². The predicted molar refractivity (Wildman–Crippen MR) is 148 cm³/mol. The summed E-state index contributed by atoms with van der Waals surface area (Å²) in [6, 6.07) is 12.0. The maximum atomic E-state index is 13.8. The fourth-order valence-corrected chi connectivity index (χ4v) is 8.32. The highest BCUT2D eigenvalue weighted by Crippen LogP contribution is 2.55. The van der Waals surface area contributed by atoms with Crippen LogP contribution in [0.15, 0.2) is 41.3 Å². The molecule has 4 saturated carbocycles. The number of anilines is 1. The van der Waals surface area contributed by atoms with Crippen LogP contribution in [0.2, 0.25) is 0 Å². The number of aliphatic hydroxyl groups is 1. The molecule has 38 heavy (non-hydrogen) atoms. The van der Waals surface area contributed by atoms with Crippen LogP contribution in [0.1, 0.15) is 73.0 Å². The van der Waals surface area contributed by atoms with Gasteiger partial charge in [0, 0.05) is 36.9 Å². The third-order valence-electron chi connectivity index (χ3n) is 9.34. The quantitative estimate of drug-likeness (QED) is 0.394. The fraction of sp³-hybridized carbons (Fsp3) is 0.567. The average Bonchev–Trinajstić information content (AvgIpc) is 2.86. The van der Waals surface area contributed by atoms with Gasteiger partial charge in [0.15, 0.2) is 0 Å². The minimum absolute atomic E-state index is 0.0723. The number of amides is 1. The molecule has 202 valence electrons. The standard InChI is InChI=1S/C30H37N3O4S/c34-26(35)12-19-7-4-8-33(17-19)28-25(38)13-23(24(31-28)11-18-5-2-1-3-6-18)29(36)32-27-21-9-20-10-22(27)16-30(37,14-20)15-21/h1-3,5-6,13,19-22,27,37-38H,4,7-12,14-17H2,(H,32,36)(H,34,35)/t19-,20?,21?,22?,27?,30?/m0/s1. The number of carboxylic acid groups (broad SMARTS) is 1. The van der Waals surface area contributed by atoms with E-state index in [1.165, 1.54) is 0 Å². The zero-order valence-electron chi connectivity index (χ0n) is 21.7. The Bertz CT molecular complexity index is 1210. The van der Waals surface area contributed by atoms with E-state index in [-0.39, 0.29) is 24.3 Å². The number of aromatic nitrogens is 1. The second kappa shape index (κ2) is 10.2. The predicted octanol–water partition coefficient (Wildman–Crippen LogP) is 4.32. The smallest absolute Gasteiger partial charge is 0.303 e. The molecule has 7 nitrogen and oxygen atoms in total. The Labute approximate surface area is 229 Å². The zero-order valence-corrected chi connectivity index (χ0v) is 22.6. The topological polar surface area (TPSA) is 103 Å². The molecule has 0 radical (unpaired) electrons. The van der Waals surface area contributed by atoms with Crippen LogP contribution in [-0.2, 0) is 11.2 Å². The van der Waals surface area contributed by atoms with E-state index >= 15 is 0 Å². The molecule has 2 unspecified atom stereocenters. The molecule has 8 heteroatoms. The number of hydrogen-bond acceptors (Lipinski definition) is 6. The minimum atomic E-state index is -0.774. The highest BCUT2D eigenvalue weighted by molar-refractivity contribution is 7.80. The van der Waals surface area contributed by atoms with Crippen molar-refractivity contribution >= 4 is 30.3 Å². The molecular weight excluding hydrogens is 498 g/mol. The molecule has 1 aliphatic heterocycles. The van der Waals surface area contributed by atoms with Crippen molar-refractivity contribution in [3.63, 3.8) is 0 Å². The van der Waals surface area contributed by atoms with Crippen molar-refractivity contribution in [2.45, 2.75) is 74.3 Å². The van der Waals surface area contributed by atoms with E-state index in [0.29, 0.717) is 46.9 Å². The lowest BCUT2D eigenvalue weighted by molar-refractivity contribution is -0.138. The molecule has 7 rings (SSSR count). The number of rotatable bonds is 7. The second-order valence-electron chi connectivity index (χ2n) is 12.2. The fourth-order valence-electron chi connectivity index (χ4n) is 8.00. The molecule has 4 bridgehead atoms. The van der Waals surface area contributed by atoms with Gasteiger partial charge in [-0.25, -0.2) is 4.98 Å². The molecule has 3 N–H and O–H groups in total. The van der Waals surface area contributed by atoms with Gasteiger partial charge in [0.2, 0.25) is 0 Å². The normalized spacial score (nSPS) is 31.8. The van der Waals surface area contributed by atoms with Crippen LogP contribution in [-0.4, -0.2) is 51.8 Å². The van der Waals surface area contributed by atoms with Gasteiger partial charge in [-0.05, 0) is 80.2 Å². The number of nitrogens with zero attached hydrogens (tertiary/aromatic N) is 2. The van der Waals surface area contributed by atoms with Crippen molar-refractivity contribution in [1.82, 2.24) is 10.3 Å². The Hall–Kier alpha value is -2.58. The van der Waals surface area contributed by atoms with Gasteiger partial charge in [0.25, 0.3) is 5.91 Å². The highest BCUT2D eigenvalue weighted by atomic mass is 32.1. The summed E-state index contributed by atoms with van der Waals surface area (Å²) in [5.74, 6) is 1.15. The van der Waals surface area contributed by atoms with Gasteiger partial charge >= 0.3 is 5.97 Å². The monoisotopic (exact) mass is 535 g/mol. The lowest BCUT2D eigenvalue weighted by atomic mass is 9.52. The molecule has 1 aromatic heterocycles. The molecule has 0 spiro atoms. The Morgan fingerprint density at radius 3 is 2.55 bits per heavy atom. The van der Waals surface area contributed by atoms with Gasteiger partial charge in [0.1, 0.15) is 5.82 Å². The number of pyridine rings is 1. The van der Waals surface area contributed by atoms with Crippen molar-refractivity contribution in [2.75, 3.05) is 18.0 Å². The molecule has 2 heterocycles. The Morgan fingerprint density at radius 1 is 1.13 bits per heavy atom. The van der Waals surface area contributed by atoms with Gasteiger partial charge in [-0.2, -0.15) is 0 Å². The van der Waals surface area contributed by atoms with Gasteiger partial charge in [0.05, 0.1) is 16.9 Å². The molecule has 1 aromatic carbocycles. The van der Waals surface area contributed by atoms with Crippen LogP contribution in [0.4, 0.5) is 5.82 Å². The molecule has 1 amide bonds. The number of carboxylic acids is 1. The first kappa shape index (κ1) is 25.7. The van der Waals surface area contributed by atoms with E-state index in [4.69, 9.17) is 17.6 Å². The minimum Gasteiger partial charge on any atom is -0.481 e. The number of benzene rings is 1. The van der Waals surface area contributed by atoms with Crippen LogP contribution in [0.25, 0.3) is 0 Å². The van der Waals surface area contributed by atoms with E-state index in [2.05, 4.69) is 10.2 Å². The van der Waals surface area contributed by atoms with Crippen molar-refractivity contribution in [1.29, 1.82) is 0 Å². The van der Waals surface area contributed by atoms with E-state index in [9.17, 15) is 19.8 Å². The number of hydrogen-bond donors (Lipinski definition) is 4. The first-order chi connectivity index (χ1) is 18.3. The van der Waals surface area contributed by atoms with Crippen LogP contribution < -0.4 is 10.2 Å². The van der Waals surface area contributed by atoms with Crippen molar-refractivity contribution in [3.8, 4) is 0 Å². The first-order valence-corrected chi connectivity index (χ1v) is 14.5. The molecule has 4 aliphatic carbocycles. The summed E-state index contributed by atoms with van der Waals surface area (Å²) in [5, 5.41) is 23.6. The third kappa shape index (κ3) is 5.17. The lowest BCUT2D eigenvalue weighted by Gasteiger charge is -2.58. The summed E-state index contributed by atoms with van der Waals surface area (Å²) in [6.07, 6.45) is 7.12. The molecule has 5 aliphatic rings. The van der Waals surface area contributed by atoms with Gasteiger partial charge in [-0.1, -0.05) is 30.3 Å². The molecule has 1 saturated heterocycles. The van der Waals surface area contributed by atoms with Gasteiger partial charge in [-0.3, -0.25) is 9.59 Å². The molecule has 5 fully saturated rings. The van der Waals surface area contributed by atoms with Gasteiger partial charge in [-0.15, -0.1) is 12.6 Å². The summed E-state index contributed by atoms with van der Waals surface area (Å²) in [7, 11) is 0. The van der Waals surface area contributed by atoms with Crippen molar-refractivity contribution < 1.29 is 19.8 Å². The van der Waals surface area contributed by atoms with Crippen LogP contribution >= 0.6 is 12.6 Å². The second-order valence-corrected chi connectivity index (χ2v) is 12.7. The van der Waals surface area contributed by atoms with E-state index in [1.807, 2.05) is 36.4 Å². The number of nitrogens with one attached hydrogen (secondary N) is 1. The van der Waals surface area contributed by atoms with Crippen LogP contribution in [0.5, 0.6) is 0 Å². The lowest BCUT2D eigenvalue weighted by Crippen LogP contribution is -2.61. The summed E-state index contributed by atoms with van der Waals surface area (Å²) in [6.45, 7) is 1.42. The Morgan fingerprint density at radius 2 is 1.87 bits per heavy atom. The number of carbonyl (C=O) groups excluding carboxylic acids is 1. The molecule has 3 atom stereocenters. The Kier molecular flexibility index (Phi) is 6.89. The van der Waals surface area contributed by atoms with E-state index in [0.717, 1.165) is 62.9 Å². The number of aliphatic carboxylic acids is 1. The number of piperidine rings is 1. The average molecular weight is 536 g/mol. The van der Waals surface area contributed by atoms with Crippen LogP contribution in [0, 0.1) is 23.7 Å². The zero-order chi connectivity index (χ0) is 26.4. The highest BCUT2D eigenvalue weighted by Gasteiger charge is 2.55. The van der Waals surface area contributed by atoms with E-state index < -0.39 is 11.6 Å². The maximum absolute atomic E-state index is 13.8. The summed E-state index contributed by atoms with van der Waals surface area (Å²) in [5.41, 5.74) is 1.80. The van der Waals surface area contributed by atoms with Crippen molar-refractivity contribution in [2.24, 2.45) is 23.7 Å². The largest absolute Gasteiger partial charge is 0.481 e. The summed E-state index contributed by atoms with van der Waals surface area (Å²) < 4.78 is 0. The first-order valence-electron chi connectivity index (χ1n) is 14.0. The van der Waals surface area contributed by atoms with Gasteiger partial charge < -0.3 is 20.4 Å².